The summed E-state index contributed by atoms with van der Waals surface area (Å²) in [6.07, 6.45) is 0. The van der Waals surface area contributed by atoms with Crippen molar-refractivity contribution < 1.29 is 9.59 Å². The van der Waals surface area contributed by atoms with Gasteiger partial charge in [-0.15, -0.1) is 0 Å². The summed E-state index contributed by atoms with van der Waals surface area (Å²) in [6.45, 7) is 0. The standard InChI is InChI=1S/C18H11Br2NO2/c19-17-9-5-1-2-6-10(9)18(20,12-8-4-3-7-11(12)17)14-13(17)15(22)21-16(14)23/h1-8,13-14H,(H,21,22,23)/t13-,14-,17?,18?/m1/s1. The molecule has 2 aromatic carbocycles. The van der Waals surface area contributed by atoms with Gasteiger partial charge in [0.1, 0.15) is 0 Å². The highest BCUT2D eigenvalue weighted by Crippen LogP contribution is 2.69. The Morgan fingerprint density at radius 2 is 1.00 bits per heavy atom. The molecule has 1 saturated heterocycles. The van der Waals surface area contributed by atoms with Crippen LogP contribution in [0.15, 0.2) is 48.5 Å². The van der Waals surface area contributed by atoms with Crippen molar-refractivity contribution in [2.75, 3.05) is 0 Å². The smallest absolute Gasteiger partial charge is 0.232 e. The van der Waals surface area contributed by atoms with Crippen molar-refractivity contribution >= 4 is 43.7 Å². The summed E-state index contributed by atoms with van der Waals surface area (Å²) in [6, 6.07) is 16.1. The third-order valence-corrected chi connectivity index (χ3v) is 8.12. The number of carbonyl (C=O) groups excluding carboxylic acids is 2. The lowest BCUT2D eigenvalue weighted by atomic mass is 9.54. The molecule has 4 aliphatic rings. The number of halogens is 2. The van der Waals surface area contributed by atoms with Crippen LogP contribution in [0.3, 0.4) is 0 Å². The molecule has 2 atom stereocenters. The first kappa shape index (κ1) is 13.9. The van der Waals surface area contributed by atoms with Crippen LogP contribution in [0, 0.1) is 11.8 Å². The van der Waals surface area contributed by atoms with E-state index >= 15 is 0 Å². The maximum Gasteiger partial charge on any atom is 0.232 e. The molecule has 0 radical (unpaired) electrons. The monoisotopic (exact) mass is 431 g/mol. The predicted octanol–water partition coefficient (Wildman–Crippen LogP) is 3.18. The number of carbonyl (C=O) groups is 2. The molecular weight excluding hydrogens is 422 g/mol. The van der Waals surface area contributed by atoms with Gasteiger partial charge < -0.3 is 0 Å². The van der Waals surface area contributed by atoms with Crippen LogP contribution >= 0.6 is 31.9 Å². The van der Waals surface area contributed by atoms with Crippen molar-refractivity contribution in [2.24, 2.45) is 11.8 Å². The number of imide groups is 1. The number of alkyl halides is 2. The first-order chi connectivity index (χ1) is 11.0. The maximum atomic E-state index is 12.6. The van der Waals surface area contributed by atoms with Crippen LogP contribution in [0.25, 0.3) is 0 Å². The SMILES string of the molecule is O=C1NC(=O)[C@H]2[C@H]1C1(Br)c3ccccc3C2(Br)c2ccccc21. The zero-order chi connectivity index (χ0) is 16.0. The molecule has 2 bridgehead atoms. The van der Waals surface area contributed by atoms with Gasteiger partial charge in [0.25, 0.3) is 0 Å². The summed E-state index contributed by atoms with van der Waals surface area (Å²) >= 11 is 7.79. The Balaban J connectivity index is 1.99. The van der Waals surface area contributed by atoms with E-state index in [2.05, 4.69) is 37.2 Å². The van der Waals surface area contributed by atoms with E-state index in [0.717, 1.165) is 22.3 Å². The van der Waals surface area contributed by atoms with Gasteiger partial charge in [0.15, 0.2) is 0 Å². The molecule has 1 N–H and O–H groups in total. The number of hydrogen-bond donors (Lipinski definition) is 1. The van der Waals surface area contributed by atoms with E-state index in [0.29, 0.717) is 0 Å². The van der Waals surface area contributed by atoms with Crippen molar-refractivity contribution in [1.29, 1.82) is 0 Å². The zero-order valence-electron chi connectivity index (χ0n) is 11.8. The lowest BCUT2D eigenvalue weighted by Gasteiger charge is -2.55. The Morgan fingerprint density at radius 3 is 1.30 bits per heavy atom. The van der Waals surface area contributed by atoms with Gasteiger partial charge in [0, 0.05) is 0 Å². The Kier molecular flexibility index (Phi) is 2.51. The number of benzene rings is 2. The fourth-order valence-corrected chi connectivity index (χ4v) is 6.92. The van der Waals surface area contributed by atoms with E-state index < -0.39 is 20.5 Å². The van der Waals surface area contributed by atoms with Gasteiger partial charge in [-0.25, -0.2) is 0 Å². The zero-order valence-corrected chi connectivity index (χ0v) is 15.0. The largest absolute Gasteiger partial charge is 0.296 e. The van der Waals surface area contributed by atoms with Crippen LogP contribution in [0.2, 0.25) is 0 Å². The molecule has 114 valence electrons. The van der Waals surface area contributed by atoms with Crippen LogP contribution in [0.1, 0.15) is 22.3 Å². The van der Waals surface area contributed by atoms with Gasteiger partial charge in [-0.1, -0.05) is 80.4 Å². The van der Waals surface area contributed by atoms with Crippen LogP contribution in [0.4, 0.5) is 0 Å². The van der Waals surface area contributed by atoms with E-state index in [-0.39, 0.29) is 11.8 Å². The number of hydrogen-bond acceptors (Lipinski definition) is 2. The second-order valence-electron chi connectivity index (χ2n) is 6.32. The minimum Gasteiger partial charge on any atom is -0.296 e. The molecule has 1 fully saturated rings. The highest BCUT2D eigenvalue weighted by Gasteiger charge is 2.70. The number of rotatable bonds is 0. The third-order valence-electron chi connectivity index (χ3n) is 5.42. The minimum absolute atomic E-state index is 0.204. The van der Waals surface area contributed by atoms with E-state index in [9.17, 15) is 9.59 Å². The van der Waals surface area contributed by atoms with E-state index in [1.807, 2.05) is 48.5 Å². The van der Waals surface area contributed by atoms with Crippen LogP contribution in [0.5, 0.6) is 0 Å². The molecule has 0 spiro atoms. The van der Waals surface area contributed by atoms with Crippen molar-refractivity contribution in [1.82, 2.24) is 5.32 Å². The second-order valence-corrected chi connectivity index (χ2v) is 8.83. The first-order valence-electron chi connectivity index (χ1n) is 7.43. The highest BCUT2D eigenvalue weighted by atomic mass is 79.9. The van der Waals surface area contributed by atoms with E-state index in [1.165, 1.54) is 0 Å². The summed E-state index contributed by atoms with van der Waals surface area (Å²) in [5.41, 5.74) is 4.23. The quantitative estimate of drug-likeness (QED) is 0.513. The summed E-state index contributed by atoms with van der Waals surface area (Å²) < 4.78 is -1.34. The molecule has 2 aromatic rings. The minimum atomic E-state index is -0.670. The molecule has 6 rings (SSSR count). The molecule has 3 nitrogen and oxygen atoms in total. The van der Waals surface area contributed by atoms with Gasteiger partial charge in [0.05, 0.1) is 20.5 Å². The summed E-state index contributed by atoms with van der Waals surface area (Å²) in [7, 11) is 0. The van der Waals surface area contributed by atoms with E-state index in [4.69, 9.17) is 0 Å². The van der Waals surface area contributed by atoms with Crippen molar-refractivity contribution in [2.45, 2.75) is 8.65 Å². The van der Waals surface area contributed by atoms with Crippen LogP contribution in [-0.4, -0.2) is 11.8 Å². The Bertz CT molecular complexity index is 788. The Labute approximate surface area is 149 Å². The van der Waals surface area contributed by atoms with Gasteiger partial charge in [-0.2, -0.15) is 0 Å². The molecule has 5 heteroatoms. The van der Waals surface area contributed by atoms with Gasteiger partial charge in [0.2, 0.25) is 11.8 Å². The Hall–Kier alpha value is -1.46. The summed E-state index contributed by atoms with van der Waals surface area (Å²) in [5.74, 6) is -1.33. The summed E-state index contributed by atoms with van der Waals surface area (Å²) in [4.78, 5) is 25.2. The molecule has 23 heavy (non-hydrogen) atoms. The molecule has 3 aliphatic carbocycles. The second kappa shape index (κ2) is 4.14. The van der Waals surface area contributed by atoms with Crippen LogP contribution < -0.4 is 5.32 Å². The van der Waals surface area contributed by atoms with E-state index in [1.54, 1.807) is 0 Å². The predicted molar refractivity (Wildman–Crippen MR) is 92.4 cm³/mol. The molecule has 1 heterocycles. The number of amides is 2. The fraction of sp³-hybridized carbons (Fsp3) is 0.222. The molecule has 0 saturated carbocycles. The molecule has 0 unspecified atom stereocenters. The first-order valence-corrected chi connectivity index (χ1v) is 9.01. The topological polar surface area (TPSA) is 46.2 Å². The normalized spacial score (nSPS) is 36.3. The lowest BCUT2D eigenvalue weighted by Crippen LogP contribution is -2.56. The average Bonchev–Trinajstić information content (AvgIpc) is 2.88. The van der Waals surface area contributed by atoms with Crippen molar-refractivity contribution in [3.05, 3.63) is 70.8 Å². The average molecular weight is 433 g/mol. The maximum absolute atomic E-state index is 12.6. The highest BCUT2D eigenvalue weighted by molar-refractivity contribution is 9.10. The van der Waals surface area contributed by atoms with Gasteiger partial charge in [-0.05, 0) is 22.3 Å². The van der Waals surface area contributed by atoms with Crippen molar-refractivity contribution in [3.8, 4) is 0 Å². The lowest BCUT2D eigenvalue weighted by molar-refractivity contribution is -0.126. The molecule has 2 amide bonds. The molecule has 0 aromatic heterocycles. The number of nitrogens with one attached hydrogen (secondary N) is 1. The third kappa shape index (κ3) is 1.34. The molecular formula is C18H11Br2NO2. The van der Waals surface area contributed by atoms with Gasteiger partial charge >= 0.3 is 0 Å². The van der Waals surface area contributed by atoms with Crippen molar-refractivity contribution in [3.63, 3.8) is 0 Å². The fourth-order valence-electron chi connectivity index (χ4n) is 4.60. The Morgan fingerprint density at radius 1 is 0.696 bits per heavy atom. The van der Waals surface area contributed by atoms with Crippen LogP contribution in [-0.2, 0) is 18.2 Å². The summed E-state index contributed by atoms with van der Waals surface area (Å²) in [5, 5.41) is 2.54. The van der Waals surface area contributed by atoms with Gasteiger partial charge in [-0.3, -0.25) is 14.9 Å². The molecule has 1 aliphatic heterocycles.